The van der Waals surface area contributed by atoms with Crippen LogP contribution in [0.5, 0.6) is 0 Å². The molecule has 1 aliphatic rings. The number of benzene rings is 1. The Bertz CT molecular complexity index is 554. The molecule has 2 rings (SSSR count). The van der Waals surface area contributed by atoms with Crippen LogP contribution in [-0.2, 0) is 9.53 Å². The number of rotatable bonds is 4. The van der Waals surface area contributed by atoms with Crippen LogP contribution < -0.4 is 5.32 Å². The summed E-state index contributed by atoms with van der Waals surface area (Å²) in [6, 6.07) is 8.29. The first kappa shape index (κ1) is 15.0. The van der Waals surface area contributed by atoms with Crippen molar-refractivity contribution in [3.05, 3.63) is 35.4 Å². The van der Waals surface area contributed by atoms with Gasteiger partial charge >= 0.3 is 5.97 Å². The van der Waals surface area contributed by atoms with Gasteiger partial charge in [-0.3, -0.25) is 4.79 Å². The summed E-state index contributed by atoms with van der Waals surface area (Å²) in [5.41, 5.74) is 0.799. The van der Waals surface area contributed by atoms with Gasteiger partial charge in [-0.2, -0.15) is 5.26 Å². The number of esters is 1. The molecule has 0 aliphatic heterocycles. The highest BCUT2D eigenvalue weighted by Gasteiger charge is 2.23. The maximum Gasteiger partial charge on any atom is 0.338 e. The predicted octanol–water partition coefficient (Wildman–Crippen LogP) is 2.16. The first-order valence-corrected chi connectivity index (χ1v) is 7.11. The molecule has 110 valence electrons. The van der Waals surface area contributed by atoms with E-state index in [0.717, 1.165) is 25.7 Å². The monoisotopic (exact) mass is 286 g/mol. The number of nitrogens with one attached hydrogen (secondary N) is 1. The van der Waals surface area contributed by atoms with Crippen molar-refractivity contribution in [2.45, 2.75) is 44.8 Å². The number of carbonyl (C=O) groups excluding carboxylic acids is 2. The summed E-state index contributed by atoms with van der Waals surface area (Å²) < 4.78 is 5.15. The minimum Gasteiger partial charge on any atom is -0.449 e. The Labute approximate surface area is 123 Å². The van der Waals surface area contributed by atoms with Crippen LogP contribution in [0.2, 0.25) is 0 Å². The largest absolute Gasteiger partial charge is 0.449 e. The first-order chi connectivity index (χ1) is 10.1. The quantitative estimate of drug-likeness (QED) is 0.860. The van der Waals surface area contributed by atoms with Crippen LogP contribution in [0.15, 0.2) is 24.3 Å². The molecule has 0 aromatic heterocycles. The number of nitrogens with zero attached hydrogens (tertiary/aromatic N) is 1. The molecule has 1 aliphatic carbocycles. The molecule has 1 atom stereocenters. The molecule has 21 heavy (non-hydrogen) atoms. The minimum atomic E-state index is -0.825. The van der Waals surface area contributed by atoms with E-state index in [1.165, 1.54) is 12.1 Å². The van der Waals surface area contributed by atoms with Crippen molar-refractivity contribution in [3.8, 4) is 6.07 Å². The molecular weight excluding hydrogens is 268 g/mol. The maximum absolute atomic E-state index is 11.9. The maximum atomic E-state index is 11.9. The summed E-state index contributed by atoms with van der Waals surface area (Å²) >= 11 is 0. The van der Waals surface area contributed by atoms with Gasteiger partial charge in [0.25, 0.3) is 5.91 Å². The zero-order valence-electron chi connectivity index (χ0n) is 12.0. The zero-order chi connectivity index (χ0) is 15.2. The van der Waals surface area contributed by atoms with Gasteiger partial charge in [0.2, 0.25) is 0 Å². The van der Waals surface area contributed by atoms with E-state index in [1.807, 2.05) is 6.07 Å². The third-order valence-corrected chi connectivity index (χ3v) is 3.60. The van der Waals surface area contributed by atoms with Gasteiger partial charge in [-0.15, -0.1) is 0 Å². The van der Waals surface area contributed by atoms with Gasteiger partial charge in [0, 0.05) is 6.04 Å². The number of hydrogen-bond acceptors (Lipinski definition) is 4. The van der Waals surface area contributed by atoms with Gasteiger partial charge in [0.1, 0.15) is 0 Å². The lowest BCUT2D eigenvalue weighted by molar-refractivity contribution is -0.129. The third-order valence-electron chi connectivity index (χ3n) is 3.60. The van der Waals surface area contributed by atoms with Crippen molar-refractivity contribution >= 4 is 11.9 Å². The number of carbonyl (C=O) groups is 2. The standard InChI is InChI=1S/C16H18N2O3/c1-11(15(19)18-14-4-2-3-5-14)21-16(20)13-8-6-12(10-17)7-9-13/h6-9,11,14H,2-5H2,1H3,(H,18,19)/t11-/m0/s1. The normalized spacial score (nSPS) is 16.0. The molecule has 1 saturated carbocycles. The molecule has 1 aromatic rings. The van der Waals surface area contributed by atoms with Gasteiger partial charge in [0.15, 0.2) is 6.10 Å². The highest BCUT2D eigenvalue weighted by Crippen LogP contribution is 2.18. The van der Waals surface area contributed by atoms with Crippen molar-refractivity contribution in [3.63, 3.8) is 0 Å². The number of ether oxygens (including phenoxy) is 1. The van der Waals surface area contributed by atoms with Crippen molar-refractivity contribution < 1.29 is 14.3 Å². The number of nitriles is 1. The van der Waals surface area contributed by atoms with Crippen LogP contribution in [-0.4, -0.2) is 24.0 Å². The molecule has 0 radical (unpaired) electrons. The second kappa shape index (κ2) is 6.89. The lowest BCUT2D eigenvalue weighted by Crippen LogP contribution is -2.40. The Morgan fingerprint density at radius 1 is 1.29 bits per heavy atom. The second-order valence-corrected chi connectivity index (χ2v) is 5.23. The van der Waals surface area contributed by atoms with Crippen LogP contribution in [0.1, 0.15) is 48.5 Å². The van der Waals surface area contributed by atoms with Crippen LogP contribution in [0, 0.1) is 11.3 Å². The fourth-order valence-corrected chi connectivity index (χ4v) is 2.35. The lowest BCUT2D eigenvalue weighted by atomic mass is 10.1. The summed E-state index contributed by atoms with van der Waals surface area (Å²) in [6.07, 6.45) is 3.41. The van der Waals surface area contributed by atoms with E-state index in [0.29, 0.717) is 11.1 Å². The van der Waals surface area contributed by atoms with Crippen molar-refractivity contribution in [1.82, 2.24) is 5.32 Å². The molecular formula is C16H18N2O3. The van der Waals surface area contributed by atoms with Crippen LogP contribution >= 0.6 is 0 Å². The summed E-state index contributed by atoms with van der Waals surface area (Å²) in [6.45, 7) is 1.56. The van der Waals surface area contributed by atoms with E-state index in [9.17, 15) is 9.59 Å². The Kier molecular flexibility index (Phi) is 4.94. The summed E-state index contributed by atoms with van der Waals surface area (Å²) in [5.74, 6) is -0.822. The third kappa shape index (κ3) is 4.06. The van der Waals surface area contributed by atoms with E-state index >= 15 is 0 Å². The van der Waals surface area contributed by atoms with Crippen molar-refractivity contribution in [2.24, 2.45) is 0 Å². The molecule has 5 nitrogen and oxygen atoms in total. The van der Waals surface area contributed by atoms with E-state index in [4.69, 9.17) is 10.00 Å². The van der Waals surface area contributed by atoms with E-state index < -0.39 is 12.1 Å². The molecule has 1 N–H and O–H groups in total. The van der Waals surface area contributed by atoms with Gasteiger partial charge in [-0.05, 0) is 44.0 Å². The topological polar surface area (TPSA) is 79.2 Å². The zero-order valence-corrected chi connectivity index (χ0v) is 12.0. The van der Waals surface area contributed by atoms with Gasteiger partial charge in [-0.1, -0.05) is 12.8 Å². The summed E-state index contributed by atoms with van der Waals surface area (Å²) in [7, 11) is 0. The fraction of sp³-hybridized carbons (Fsp3) is 0.438. The molecule has 1 fully saturated rings. The predicted molar refractivity (Wildman–Crippen MR) is 76.4 cm³/mol. The van der Waals surface area contributed by atoms with Gasteiger partial charge in [-0.25, -0.2) is 4.79 Å². The molecule has 0 saturated heterocycles. The van der Waals surface area contributed by atoms with Gasteiger partial charge < -0.3 is 10.1 Å². The van der Waals surface area contributed by atoms with Crippen molar-refractivity contribution in [1.29, 1.82) is 5.26 Å². The van der Waals surface area contributed by atoms with Crippen LogP contribution in [0.4, 0.5) is 0 Å². The molecule has 0 spiro atoms. The lowest BCUT2D eigenvalue weighted by Gasteiger charge is -2.17. The Morgan fingerprint density at radius 2 is 1.90 bits per heavy atom. The number of hydrogen-bond donors (Lipinski definition) is 1. The van der Waals surface area contributed by atoms with E-state index in [2.05, 4.69) is 5.32 Å². The summed E-state index contributed by atoms with van der Waals surface area (Å²) in [4.78, 5) is 23.8. The SMILES string of the molecule is C[C@H](OC(=O)c1ccc(C#N)cc1)C(=O)NC1CCCC1. The Balaban J connectivity index is 1.88. The molecule has 0 bridgehead atoms. The molecule has 5 heteroatoms. The van der Waals surface area contributed by atoms with Crippen molar-refractivity contribution in [2.75, 3.05) is 0 Å². The minimum absolute atomic E-state index is 0.202. The van der Waals surface area contributed by atoms with Crippen LogP contribution in [0.25, 0.3) is 0 Å². The smallest absolute Gasteiger partial charge is 0.338 e. The average molecular weight is 286 g/mol. The Hall–Kier alpha value is -2.35. The second-order valence-electron chi connectivity index (χ2n) is 5.23. The Morgan fingerprint density at radius 3 is 2.48 bits per heavy atom. The summed E-state index contributed by atoms with van der Waals surface area (Å²) in [5, 5.41) is 11.6. The van der Waals surface area contributed by atoms with E-state index in [-0.39, 0.29) is 11.9 Å². The van der Waals surface area contributed by atoms with Crippen LogP contribution in [0.3, 0.4) is 0 Å². The van der Waals surface area contributed by atoms with E-state index in [1.54, 1.807) is 19.1 Å². The molecule has 1 amide bonds. The molecule has 1 aromatic carbocycles. The average Bonchev–Trinajstić information content (AvgIpc) is 3.00. The fourth-order valence-electron chi connectivity index (χ4n) is 2.35. The molecule has 0 heterocycles. The van der Waals surface area contributed by atoms with Gasteiger partial charge in [0.05, 0.1) is 17.2 Å². The number of amides is 1. The highest BCUT2D eigenvalue weighted by molar-refractivity contribution is 5.92. The first-order valence-electron chi connectivity index (χ1n) is 7.11. The highest BCUT2D eigenvalue weighted by atomic mass is 16.5. The molecule has 0 unspecified atom stereocenters.